The van der Waals surface area contributed by atoms with Gasteiger partial charge in [0.1, 0.15) is 11.6 Å². The number of aromatic nitrogens is 2. The number of methoxy groups -OCH3 is 1. The first kappa shape index (κ1) is 11.4. The number of ether oxygens (including phenoxy) is 1. The molecule has 1 aromatic carbocycles. The number of carbonyl (C=O) groups excluding carboxylic acids is 1. The van der Waals surface area contributed by atoms with Gasteiger partial charge in [-0.3, -0.25) is 4.79 Å². The summed E-state index contributed by atoms with van der Waals surface area (Å²) in [4.78, 5) is 15.4. The lowest BCUT2D eigenvalue weighted by Crippen LogP contribution is -1.91. The molecule has 0 aliphatic carbocycles. The molecular formula is C13H14N2O2. The summed E-state index contributed by atoms with van der Waals surface area (Å²) in [6, 6.07) is 5.46. The molecule has 0 aliphatic rings. The summed E-state index contributed by atoms with van der Waals surface area (Å²) < 4.78 is 7.04. The van der Waals surface area contributed by atoms with Gasteiger partial charge in [-0.2, -0.15) is 0 Å². The lowest BCUT2D eigenvalue weighted by molar-refractivity contribution is 0.112. The number of rotatable bonds is 3. The maximum absolute atomic E-state index is 10.9. The highest BCUT2D eigenvalue weighted by atomic mass is 16.5. The molecule has 1 aromatic heterocycles. The van der Waals surface area contributed by atoms with Crippen molar-refractivity contribution in [2.24, 2.45) is 7.05 Å². The molecule has 4 nitrogen and oxygen atoms in total. The number of benzene rings is 1. The van der Waals surface area contributed by atoms with Crippen molar-refractivity contribution in [2.45, 2.75) is 6.92 Å². The number of imidazole rings is 1. The first-order valence-corrected chi connectivity index (χ1v) is 5.29. The average molecular weight is 230 g/mol. The van der Waals surface area contributed by atoms with E-state index >= 15 is 0 Å². The standard InChI is InChI=1S/C13H14N2O2/c1-9-14-12(7-15(9)2)10-4-5-13(17-3)11(6-10)8-16/h4-8H,1-3H3. The monoisotopic (exact) mass is 230 g/mol. The molecule has 0 N–H and O–H groups in total. The van der Waals surface area contributed by atoms with Gasteiger partial charge in [-0.1, -0.05) is 0 Å². The van der Waals surface area contributed by atoms with E-state index in [0.717, 1.165) is 23.4 Å². The van der Waals surface area contributed by atoms with Crippen LogP contribution in [0, 0.1) is 6.92 Å². The number of carbonyl (C=O) groups is 1. The Bertz CT molecular complexity index is 539. The lowest BCUT2D eigenvalue weighted by atomic mass is 10.1. The van der Waals surface area contributed by atoms with Crippen molar-refractivity contribution in [3.05, 3.63) is 35.8 Å². The predicted octanol–water partition coefficient (Wildman–Crippen LogP) is 2.22. The predicted molar refractivity (Wildman–Crippen MR) is 65.3 cm³/mol. The van der Waals surface area contributed by atoms with E-state index in [-0.39, 0.29) is 0 Å². The SMILES string of the molecule is COc1ccc(-c2cn(C)c(C)n2)cc1C=O. The first-order chi connectivity index (χ1) is 8.15. The van der Waals surface area contributed by atoms with Gasteiger partial charge in [0.25, 0.3) is 0 Å². The van der Waals surface area contributed by atoms with Crippen LogP contribution in [-0.4, -0.2) is 22.9 Å². The molecular weight excluding hydrogens is 216 g/mol. The van der Waals surface area contributed by atoms with Crippen molar-refractivity contribution < 1.29 is 9.53 Å². The van der Waals surface area contributed by atoms with E-state index in [0.29, 0.717) is 11.3 Å². The minimum atomic E-state index is 0.535. The highest BCUT2D eigenvalue weighted by Gasteiger charge is 2.08. The van der Waals surface area contributed by atoms with Gasteiger partial charge in [0, 0.05) is 18.8 Å². The first-order valence-electron chi connectivity index (χ1n) is 5.29. The Balaban J connectivity index is 2.49. The van der Waals surface area contributed by atoms with Crippen LogP contribution >= 0.6 is 0 Å². The Labute approximate surface area is 99.9 Å². The van der Waals surface area contributed by atoms with Crippen LogP contribution in [0.2, 0.25) is 0 Å². The molecule has 0 saturated heterocycles. The van der Waals surface area contributed by atoms with Crippen LogP contribution in [0.1, 0.15) is 16.2 Å². The van der Waals surface area contributed by atoms with Gasteiger partial charge < -0.3 is 9.30 Å². The van der Waals surface area contributed by atoms with Gasteiger partial charge >= 0.3 is 0 Å². The van der Waals surface area contributed by atoms with E-state index in [9.17, 15) is 4.79 Å². The number of aldehydes is 1. The van der Waals surface area contributed by atoms with E-state index in [2.05, 4.69) is 4.98 Å². The van der Waals surface area contributed by atoms with Crippen molar-refractivity contribution in [1.29, 1.82) is 0 Å². The smallest absolute Gasteiger partial charge is 0.153 e. The fourth-order valence-corrected chi connectivity index (χ4v) is 1.68. The van der Waals surface area contributed by atoms with Gasteiger partial charge in [-0.25, -0.2) is 4.98 Å². The van der Waals surface area contributed by atoms with Gasteiger partial charge in [-0.05, 0) is 25.1 Å². The maximum Gasteiger partial charge on any atom is 0.153 e. The second-order valence-electron chi connectivity index (χ2n) is 3.86. The molecule has 0 atom stereocenters. The largest absolute Gasteiger partial charge is 0.496 e. The molecule has 88 valence electrons. The molecule has 0 unspecified atom stereocenters. The van der Waals surface area contributed by atoms with Crippen molar-refractivity contribution >= 4 is 6.29 Å². The van der Waals surface area contributed by atoms with Crippen molar-refractivity contribution in [2.75, 3.05) is 7.11 Å². The summed E-state index contributed by atoms with van der Waals surface area (Å²) in [5, 5.41) is 0. The summed E-state index contributed by atoms with van der Waals surface area (Å²) in [7, 11) is 3.49. The van der Waals surface area contributed by atoms with E-state index < -0.39 is 0 Å². The minimum absolute atomic E-state index is 0.535. The summed E-state index contributed by atoms with van der Waals surface area (Å²) in [5.74, 6) is 1.51. The molecule has 0 fully saturated rings. The maximum atomic E-state index is 10.9. The Morgan fingerprint density at radius 3 is 2.71 bits per heavy atom. The molecule has 0 bridgehead atoms. The molecule has 0 radical (unpaired) electrons. The molecule has 2 rings (SSSR count). The van der Waals surface area contributed by atoms with Crippen LogP contribution in [-0.2, 0) is 7.05 Å². The van der Waals surface area contributed by atoms with Crippen LogP contribution in [0.25, 0.3) is 11.3 Å². The van der Waals surface area contributed by atoms with Crippen LogP contribution in [0.3, 0.4) is 0 Å². The van der Waals surface area contributed by atoms with E-state index in [4.69, 9.17) is 4.74 Å². The molecule has 0 spiro atoms. The van der Waals surface area contributed by atoms with Crippen molar-refractivity contribution in [3.63, 3.8) is 0 Å². The van der Waals surface area contributed by atoms with Gasteiger partial charge in [-0.15, -0.1) is 0 Å². The Morgan fingerprint density at radius 2 is 2.18 bits per heavy atom. The van der Waals surface area contributed by atoms with Crippen molar-refractivity contribution in [3.8, 4) is 17.0 Å². The zero-order valence-electron chi connectivity index (χ0n) is 10.1. The lowest BCUT2D eigenvalue weighted by Gasteiger charge is -2.04. The summed E-state index contributed by atoms with van der Waals surface area (Å²) in [5.41, 5.74) is 2.31. The zero-order valence-corrected chi connectivity index (χ0v) is 10.1. The van der Waals surface area contributed by atoms with E-state index in [1.165, 1.54) is 0 Å². The molecule has 17 heavy (non-hydrogen) atoms. The quantitative estimate of drug-likeness (QED) is 0.759. The third kappa shape index (κ3) is 2.06. The molecule has 2 aromatic rings. The third-order valence-electron chi connectivity index (χ3n) is 2.76. The fraction of sp³-hybridized carbons (Fsp3) is 0.231. The Morgan fingerprint density at radius 1 is 1.41 bits per heavy atom. The second-order valence-corrected chi connectivity index (χ2v) is 3.86. The highest BCUT2D eigenvalue weighted by molar-refractivity contribution is 5.82. The summed E-state index contributed by atoms with van der Waals surface area (Å²) in [6.45, 7) is 1.94. The number of aryl methyl sites for hydroxylation is 2. The average Bonchev–Trinajstić information content (AvgIpc) is 2.68. The highest BCUT2D eigenvalue weighted by Crippen LogP contribution is 2.24. The third-order valence-corrected chi connectivity index (χ3v) is 2.76. The zero-order chi connectivity index (χ0) is 12.4. The van der Waals surface area contributed by atoms with Crippen LogP contribution in [0.4, 0.5) is 0 Å². The molecule has 0 aliphatic heterocycles. The Kier molecular flexibility index (Phi) is 2.95. The number of hydrogen-bond donors (Lipinski definition) is 0. The molecule has 0 amide bonds. The van der Waals surface area contributed by atoms with Crippen LogP contribution in [0.5, 0.6) is 5.75 Å². The Hall–Kier alpha value is -2.10. The summed E-state index contributed by atoms with van der Waals surface area (Å²) in [6.07, 6.45) is 2.73. The van der Waals surface area contributed by atoms with Crippen molar-refractivity contribution in [1.82, 2.24) is 9.55 Å². The fourth-order valence-electron chi connectivity index (χ4n) is 1.68. The van der Waals surface area contributed by atoms with Gasteiger partial charge in [0.05, 0.1) is 18.4 Å². The van der Waals surface area contributed by atoms with Crippen LogP contribution in [0.15, 0.2) is 24.4 Å². The molecule has 4 heteroatoms. The van der Waals surface area contributed by atoms with Gasteiger partial charge in [0.2, 0.25) is 0 Å². The normalized spacial score (nSPS) is 10.3. The van der Waals surface area contributed by atoms with E-state index in [1.807, 2.05) is 30.8 Å². The second kappa shape index (κ2) is 4.41. The minimum Gasteiger partial charge on any atom is -0.496 e. The molecule has 1 heterocycles. The topological polar surface area (TPSA) is 44.1 Å². The van der Waals surface area contributed by atoms with Gasteiger partial charge in [0.15, 0.2) is 6.29 Å². The summed E-state index contributed by atoms with van der Waals surface area (Å²) >= 11 is 0. The number of hydrogen-bond acceptors (Lipinski definition) is 3. The molecule has 0 saturated carbocycles. The van der Waals surface area contributed by atoms with Crippen LogP contribution < -0.4 is 4.74 Å². The number of nitrogens with zero attached hydrogens (tertiary/aromatic N) is 2. The van der Waals surface area contributed by atoms with E-state index in [1.54, 1.807) is 19.2 Å².